The second-order valence-electron chi connectivity index (χ2n) is 6.18. The molecule has 0 unspecified atom stereocenters. The number of nitrogens with one attached hydrogen (secondary N) is 1. The number of halogens is 6. The number of aromatic nitrogens is 3. The third-order valence-electron chi connectivity index (χ3n) is 3.99. The van der Waals surface area contributed by atoms with E-state index in [2.05, 4.69) is 15.5 Å². The van der Waals surface area contributed by atoms with E-state index in [4.69, 9.17) is 39.5 Å². The number of carbonyl (C=O) groups excluding carboxylic acids is 1. The number of nitrogens with zero attached hydrogens (tertiary/aromatic N) is 3. The number of pyridine rings is 1. The molecule has 0 aliphatic rings. The molecule has 6 nitrogen and oxygen atoms in total. The molecular weight excluding hydrogens is 468 g/mol. The standard InChI is InChI=1S/C18H14Cl3F3N4O2/c19-10-3-4-14(13(21)7-10)30-5-1-2-16(29)25-8-15-26-27-17-12(18(22,23)24)6-11(20)9-28(15)17/h3-4,6-7,9H,1-2,5,8H2,(H,25,29). The van der Waals surface area contributed by atoms with Crippen LogP contribution in [0.2, 0.25) is 15.1 Å². The summed E-state index contributed by atoms with van der Waals surface area (Å²) < 4.78 is 46.0. The van der Waals surface area contributed by atoms with Gasteiger partial charge in [0.15, 0.2) is 11.5 Å². The van der Waals surface area contributed by atoms with Crippen molar-refractivity contribution in [3.8, 4) is 5.75 Å². The van der Waals surface area contributed by atoms with E-state index in [1.165, 1.54) is 6.20 Å². The molecule has 0 saturated carbocycles. The number of alkyl halides is 3. The zero-order valence-corrected chi connectivity index (χ0v) is 17.4. The number of hydrogen-bond donors (Lipinski definition) is 1. The SMILES string of the molecule is O=C(CCCOc1ccc(Cl)cc1Cl)NCc1nnc2c(C(F)(F)F)cc(Cl)cn12. The first-order chi connectivity index (χ1) is 14.1. The number of rotatable bonds is 7. The van der Waals surface area contributed by atoms with Crippen molar-refractivity contribution in [3.63, 3.8) is 0 Å². The van der Waals surface area contributed by atoms with Gasteiger partial charge >= 0.3 is 6.18 Å². The number of fused-ring (bicyclic) bond motifs is 1. The highest BCUT2D eigenvalue weighted by Crippen LogP contribution is 2.33. The van der Waals surface area contributed by atoms with Crippen LogP contribution >= 0.6 is 34.8 Å². The lowest BCUT2D eigenvalue weighted by atomic mass is 10.2. The van der Waals surface area contributed by atoms with Gasteiger partial charge in [0.05, 0.1) is 23.2 Å². The molecule has 2 aromatic heterocycles. The molecule has 0 saturated heterocycles. The molecule has 2 heterocycles. The molecule has 0 bridgehead atoms. The largest absolute Gasteiger partial charge is 0.492 e. The Labute approximate surface area is 183 Å². The number of hydrogen-bond acceptors (Lipinski definition) is 4. The molecule has 1 aromatic carbocycles. The number of ether oxygens (including phenoxy) is 1. The lowest BCUT2D eigenvalue weighted by molar-refractivity contribution is -0.136. The minimum absolute atomic E-state index is 0.110. The normalized spacial score (nSPS) is 11.7. The van der Waals surface area contributed by atoms with Crippen LogP contribution in [0, 0.1) is 0 Å². The smallest absolute Gasteiger partial charge is 0.420 e. The Hall–Kier alpha value is -2.23. The van der Waals surface area contributed by atoms with E-state index in [0.717, 1.165) is 10.5 Å². The van der Waals surface area contributed by atoms with Crippen LogP contribution in [0.4, 0.5) is 13.2 Å². The monoisotopic (exact) mass is 480 g/mol. The van der Waals surface area contributed by atoms with Gasteiger partial charge in [-0.1, -0.05) is 34.8 Å². The number of amides is 1. The Kier molecular flexibility index (Phi) is 6.95. The predicted molar refractivity (Wildman–Crippen MR) is 106 cm³/mol. The second-order valence-corrected chi connectivity index (χ2v) is 7.46. The minimum atomic E-state index is -4.63. The van der Waals surface area contributed by atoms with E-state index in [1.807, 2.05) is 0 Å². The van der Waals surface area contributed by atoms with E-state index in [9.17, 15) is 18.0 Å². The molecule has 12 heteroatoms. The van der Waals surface area contributed by atoms with E-state index >= 15 is 0 Å². The van der Waals surface area contributed by atoms with Crippen LogP contribution in [0.15, 0.2) is 30.5 Å². The topological polar surface area (TPSA) is 68.5 Å². The third-order valence-corrected chi connectivity index (χ3v) is 4.73. The Balaban J connectivity index is 1.53. The first-order valence-electron chi connectivity index (χ1n) is 8.60. The highest BCUT2D eigenvalue weighted by atomic mass is 35.5. The van der Waals surface area contributed by atoms with Gasteiger partial charge in [0.25, 0.3) is 0 Å². The fourth-order valence-corrected chi connectivity index (χ4v) is 3.28. The molecule has 1 amide bonds. The molecule has 0 spiro atoms. The molecule has 0 radical (unpaired) electrons. The van der Waals surface area contributed by atoms with Gasteiger partial charge in [-0.05, 0) is 30.7 Å². The third kappa shape index (κ3) is 5.47. The summed E-state index contributed by atoms with van der Waals surface area (Å²) in [7, 11) is 0. The molecule has 160 valence electrons. The van der Waals surface area contributed by atoms with E-state index in [1.54, 1.807) is 18.2 Å². The molecule has 30 heavy (non-hydrogen) atoms. The average Bonchev–Trinajstić information content (AvgIpc) is 3.06. The van der Waals surface area contributed by atoms with Crippen molar-refractivity contribution in [2.24, 2.45) is 0 Å². The van der Waals surface area contributed by atoms with Crippen LogP contribution in [0.1, 0.15) is 24.2 Å². The fourth-order valence-electron chi connectivity index (χ4n) is 2.61. The van der Waals surface area contributed by atoms with E-state index < -0.39 is 11.7 Å². The zero-order chi connectivity index (χ0) is 21.9. The van der Waals surface area contributed by atoms with E-state index in [-0.39, 0.29) is 42.0 Å². The molecule has 1 N–H and O–H groups in total. The van der Waals surface area contributed by atoms with Crippen LogP contribution in [-0.2, 0) is 17.5 Å². The van der Waals surface area contributed by atoms with Gasteiger partial charge < -0.3 is 10.1 Å². The van der Waals surface area contributed by atoms with Gasteiger partial charge in [0, 0.05) is 17.6 Å². The van der Waals surface area contributed by atoms with Crippen LogP contribution < -0.4 is 10.1 Å². The summed E-state index contributed by atoms with van der Waals surface area (Å²) in [6.07, 6.45) is -2.84. The summed E-state index contributed by atoms with van der Waals surface area (Å²) in [6, 6.07) is 5.58. The first kappa shape index (κ1) is 22.5. The summed E-state index contributed by atoms with van der Waals surface area (Å²) >= 11 is 17.6. The lowest BCUT2D eigenvalue weighted by Gasteiger charge is -2.10. The Bertz CT molecular complexity index is 1070. The first-order valence-corrected chi connectivity index (χ1v) is 9.73. The molecule has 0 aliphatic heterocycles. The average molecular weight is 482 g/mol. The summed E-state index contributed by atoms with van der Waals surface area (Å²) in [5, 5.41) is 10.6. The number of carbonyl (C=O) groups is 1. The summed E-state index contributed by atoms with van der Waals surface area (Å²) in [5.74, 6) is 0.250. The maximum absolute atomic E-state index is 13.1. The van der Waals surface area contributed by atoms with Crippen molar-refractivity contribution < 1.29 is 22.7 Å². The van der Waals surface area contributed by atoms with Gasteiger partial charge in [-0.15, -0.1) is 10.2 Å². The second kappa shape index (κ2) is 9.28. The Morgan fingerprint density at radius 1 is 1.13 bits per heavy atom. The van der Waals surface area contributed by atoms with Crippen molar-refractivity contribution in [2.75, 3.05) is 6.61 Å². The molecule has 3 aromatic rings. The van der Waals surface area contributed by atoms with E-state index in [0.29, 0.717) is 22.2 Å². The van der Waals surface area contributed by atoms with Crippen LogP contribution in [-0.4, -0.2) is 27.1 Å². The minimum Gasteiger partial charge on any atom is -0.492 e. The maximum atomic E-state index is 13.1. The molecule has 0 fully saturated rings. The molecule has 0 aliphatic carbocycles. The van der Waals surface area contributed by atoms with Crippen LogP contribution in [0.3, 0.4) is 0 Å². The quantitative estimate of drug-likeness (QED) is 0.472. The van der Waals surface area contributed by atoms with Gasteiger partial charge in [0.1, 0.15) is 11.3 Å². The fraction of sp³-hybridized carbons (Fsp3) is 0.278. The maximum Gasteiger partial charge on any atom is 0.420 e. The van der Waals surface area contributed by atoms with Crippen molar-refractivity contribution in [1.82, 2.24) is 19.9 Å². The van der Waals surface area contributed by atoms with Crippen LogP contribution in [0.5, 0.6) is 5.75 Å². The Morgan fingerprint density at radius 2 is 1.90 bits per heavy atom. The predicted octanol–water partition coefficient (Wildman–Crippen LogP) is 5.18. The zero-order valence-electron chi connectivity index (χ0n) is 15.1. The summed E-state index contributed by atoms with van der Waals surface area (Å²) in [5.41, 5.74) is -1.39. The molecular formula is C18H14Cl3F3N4O2. The molecule has 0 atom stereocenters. The number of benzene rings is 1. The Morgan fingerprint density at radius 3 is 2.60 bits per heavy atom. The van der Waals surface area contributed by atoms with Gasteiger partial charge in [-0.3, -0.25) is 9.20 Å². The van der Waals surface area contributed by atoms with Crippen LogP contribution in [0.25, 0.3) is 5.65 Å². The van der Waals surface area contributed by atoms with Crippen molar-refractivity contribution in [1.29, 1.82) is 0 Å². The van der Waals surface area contributed by atoms with Crippen molar-refractivity contribution in [3.05, 3.63) is 56.9 Å². The molecule has 3 rings (SSSR count). The highest BCUT2D eigenvalue weighted by Gasteiger charge is 2.35. The van der Waals surface area contributed by atoms with Crippen molar-refractivity contribution in [2.45, 2.75) is 25.6 Å². The summed E-state index contributed by atoms with van der Waals surface area (Å²) in [4.78, 5) is 12.0. The van der Waals surface area contributed by atoms with Crippen molar-refractivity contribution >= 4 is 46.4 Å². The van der Waals surface area contributed by atoms with Gasteiger partial charge in [0.2, 0.25) is 5.91 Å². The highest BCUT2D eigenvalue weighted by molar-refractivity contribution is 6.35. The van der Waals surface area contributed by atoms with Gasteiger partial charge in [-0.25, -0.2) is 0 Å². The summed E-state index contributed by atoms with van der Waals surface area (Å²) in [6.45, 7) is 0.134. The lowest BCUT2D eigenvalue weighted by Crippen LogP contribution is -2.24. The van der Waals surface area contributed by atoms with Gasteiger partial charge in [-0.2, -0.15) is 13.2 Å².